The van der Waals surface area contributed by atoms with E-state index >= 15 is 0 Å². The minimum Gasteiger partial charge on any atom is -0.469 e. The SMILES string of the molecule is C=C/C(=C\C(=C/CNC(=O)[C@H](C)NC(=O)[C@H](C)NC(=O)CCCCC(=O)OC)CBr)CBr. The lowest BCUT2D eigenvalue weighted by molar-refractivity contribution is -0.140. The summed E-state index contributed by atoms with van der Waals surface area (Å²) in [5.74, 6) is -1.40. The van der Waals surface area contributed by atoms with E-state index in [0.717, 1.165) is 11.1 Å². The number of carbonyl (C=O) groups excluding carboxylic acids is 4. The van der Waals surface area contributed by atoms with Crippen LogP contribution in [-0.4, -0.2) is 60.1 Å². The first-order valence-electron chi connectivity index (χ1n) is 10.3. The molecule has 0 heterocycles. The number of methoxy groups -OCH3 is 1. The first kappa shape index (κ1) is 30.1. The van der Waals surface area contributed by atoms with E-state index in [-0.39, 0.29) is 30.6 Å². The molecular weight excluding hydrogens is 546 g/mol. The van der Waals surface area contributed by atoms with Gasteiger partial charge in [0.15, 0.2) is 0 Å². The molecule has 0 fully saturated rings. The van der Waals surface area contributed by atoms with Crippen LogP contribution in [0.5, 0.6) is 0 Å². The summed E-state index contributed by atoms with van der Waals surface area (Å²) >= 11 is 6.79. The summed E-state index contributed by atoms with van der Waals surface area (Å²) in [6.45, 7) is 7.17. The van der Waals surface area contributed by atoms with Gasteiger partial charge < -0.3 is 20.7 Å². The highest BCUT2D eigenvalue weighted by Gasteiger charge is 2.20. The molecule has 0 radical (unpaired) electrons. The third kappa shape index (κ3) is 13.5. The highest BCUT2D eigenvalue weighted by atomic mass is 79.9. The average molecular weight is 579 g/mol. The van der Waals surface area contributed by atoms with Gasteiger partial charge in [-0.3, -0.25) is 19.2 Å². The van der Waals surface area contributed by atoms with Crippen LogP contribution >= 0.6 is 31.9 Å². The number of unbranched alkanes of at least 4 members (excludes halogenated alkanes) is 1. The Morgan fingerprint density at radius 2 is 1.53 bits per heavy atom. The van der Waals surface area contributed by atoms with Gasteiger partial charge >= 0.3 is 5.97 Å². The standard InChI is InChI=1S/C22H33Br2N3O5/c1-5-17(13-23)12-18(14-24)10-11-25-21(30)15(2)27-22(31)16(3)26-19(28)8-6-7-9-20(29)32-4/h5,10,12,15-16H,1,6-9,11,13-14H2,2-4H3,(H,25,30)(H,26,28)(H,27,31)/b17-12+,18-10+/t15-,16-/m0/s1. The highest BCUT2D eigenvalue weighted by molar-refractivity contribution is 9.09. The van der Waals surface area contributed by atoms with Crippen molar-refractivity contribution in [2.45, 2.75) is 51.6 Å². The second-order valence-electron chi connectivity index (χ2n) is 7.02. The monoisotopic (exact) mass is 577 g/mol. The fourth-order valence-electron chi connectivity index (χ4n) is 2.42. The zero-order valence-corrected chi connectivity index (χ0v) is 22.0. The largest absolute Gasteiger partial charge is 0.469 e. The molecule has 0 unspecified atom stereocenters. The van der Waals surface area contributed by atoms with Crippen molar-refractivity contribution in [1.82, 2.24) is 16.0 Å². The Labute approximate surface area is 206 Å². The third-order valence-electron chi connectivity index (χ3n) is 4.37. The van der Waals surface area contributed by atoms with Crippen LogP contribution in [0.4, 0.5) is 0 Å². The number of ether oxygens (including phenoxy) is 1. The molecule has 8 nitrogen and oxygen atoms in total. The summed E-state index contributed by atoms with van der Waals surface area (Å²) in [7, 11) is 1.32. The van der Waals surface area contributed by atoms with Crippen LogP contribution in [0.1, 0.15) is 39.5 Å². The van der Waals surface area contributed by atoms with Gasteiger partial charge in [0.1, 0.15) is 12.1 Å². The maximum absolute atomic E-state index is 12.3. The molecule has 3 N–H and O–H groups in total. The van der Waals surface area contributed by atoms with Gasteiger partial charge in [-0.15, -0.1) is 0 Å². The Morgan fingerprint density at radius 1 is 0.938 bits per heavy atom. The number of rotatable bonds is 15. The summed E-state index contributed by atoms with van der Waals surface area (Å²) in [6.07, 6.45) is 7.08. The van der Waals surface area contributed by atoms with Crippen molar-refractivity contribution in [2.24, 2.45) is 0 Å². The average Bonchev–Trinajstić information content (AvgIpc) is 2.78. The Bertz CT molecular complexity index is 722. The van der Waals surface area contributed by atoms with Gasteiger partial charge in [-0.25, -0.2) is 0 Å². The lowest BCUT2D eigenvalue weighted by Crippen LogP contribution is -2.51. The van der Waals surface area contributed by atoms with Crippen molar-refractivity contribution < 1.29 is 23.9 Å². The molecule has 0 aromatic carbocycles. The number of hydrogen-bond acceptors (Lipinski definition) is 5. The van der Waals surface area contributed by atoms with Gasteiger partial charge in [0, 0.05) is 30.0 Å². The number of halogens is 2. The molecule has 0 aromatic heterocycles. The first-order valence-corrected chi connectivity index (χ1v) is 12.5. The van der Waals surface area contributed by atoms with Crippen molar-refractivity contribution >= 4 is 55.6 Å². The summed E-state index contributed by atoms with van der Waals surface area (Å²) in [5, 5.41) is 9.23. The van der Waals surface area contributed by atoms with Crippen molar-refractivity contribution in [2.75, 3.05) is 24.3 Å². The number of esters is 1. The Kier molecular flexibility index (Phi) is 16.5. The maximum atomic E-state index is 12.3. The minimum atomic E-state index is -0.787. The normalized spacial score (nSPS) is 13.5. The van der Waals surface area contributed by atoms with Crippen LogP contribution in [0.2, 0.25) is 0 Å². The van der Waals surface area contributed by atoms with Crippen LogP contribution in [0.3, 0.4) is 0 Å². The molecule has 0 aliphatic rings. The van der Waals surface area contributed by atoms with Gasteiger partial charge in [0.2, 0.25) is 17.7 Å². The van der Waals surface area contributed by atoms with E-state index < -0.39 is 18.0 Å². The van der Waals surface area contributed by atoms with Gasteiger partial charge in [-0.1, -0.05) is 56.7 Å². The van der Waals surface area contributed by atoms with Gasteiger partial charge in [-0.2, -0.15) is 0 Å². The Balaban J connectivity index is 4.43. The molecule has 0 spiro atoms. The number of alkyl halides is 2. The summed E-state index contributed by atoms with van der Waals surface area (Å²) in [5.41, 5.74) is 2.00. The maximum Gasteiger partial charge on any atom is 0.305 e. The Morgan fingerprint density at radius 3 is 2.09 bits per heavy atom. The summed E-state index contributed by atoms with van der Waals surface area (Å²) in [4.78, 5) is 47.5. The quantitative estimate of drug-likeness (QED) is 0.120. The smallest absolute Gasteiger partial charge is 0.305 e. The lowest BCUT2D eigenvalue weighted by atomic mass is 10.1. The molecule has 180 valence electrons. The molecule has 2 atom stereocenters. The summed E-state index contributed by atoms with van der Waals surface area (Å²) in [6, 6.07) is -1.55. The predicted octanol–water partition coefficient (Wildman–Crippen LogP) is 2.67. The highest BCUT2D eigenvalue weighted by Crippen LogP contribution is 2.09. The van der Waals surface area contributed by atoms with Gasteiger partial charge in [-0.05, 0) is 37.8 Å². The molecule has 0 saturated carbocycles. The van der Waals surface area contributed by atoms with E-state index in [1.807, 2.05) is 12.2 Å². The molecule has 0 aliphatic carbocycles. The molecule has 0 aromatic rings. The second kappa shape index (κ2) is 17.6. The third-order valence-corrected chi connectivity index (χ3v) is 5.66. The molecule has 3 amide bonds. The molecule has 0 aliphatic heterocycles. The van der Waals surface area contributed by atoms with E-state index in [1.54, 1.807) is 19.9 Å². The molecular formula is C22H33Br2N3O5. The van der Waals surface area contributed by atoms with E-state index in [9.17, 15) is 19.2 Å². The first-order chi connectivity index (χ1) is 15.2. The van der Waals surface area contributed by atoms with Crippen molar-refractivity contribution in [1.29, 1.82) is 0 Å². The number of carbonyl (C=O) groups is 4. The van der Waals surface area contributed by atoms with Crippen LogP contribution < -0.4 is 16.0 Å². The molecule has 0 saturated heterocycles. The van der Waals surface area contributed by atoms with Crippen LogP contribution in [-0.2, 0) is 23.9 Å². The zero-order valence-electron chi connectivity index (χ0n) is 18.8. The van der Waals surface area contributed by atoms with E-state index in [0.29, 0.717) is 30.0 Å². The Hall–Kier alpha value is -1.94. The van der Waals surface area contributed by atoms with E-state index in [4.69, 9.17) is 0 Å². The van der Waals surface area contributed by atoms with E-state index in [1.165, 1.54) is 7.11 Å². The van der Waals surface area contributed by atoms with Crippen LogP contribution in [0.15, 0.2) is 36.0 Å². The number of allylic oxidation sites excluding steroid dienone is 4. The fourth-order valence-corrected chi connectivity index (χ4v) is 3.20. The van der Waals surface area contributed by atoms with Crippen molar-refractivity contribution in [3.05, 3.63) is 36.0 Å². The summed E-state index contributed by atoms with van der Waals surface area (Å²) < 4.78 is 4.54. The van der Waals surface area contributed by atoms with Crippen LogP contribution in [0.25, 0.3) is 0 Å². The molecule has 32 heavy (non-hydrogen) atoms. The lowest BCUT2D eigenvalue weighted by Gasteiger charge is -2.18. The molecule has 0 bridgehead atoms. The fraction of sp³-hybridized carbons (Fsp3) is 0.545. The predicted molar refractivity (Wildman–Crippen MR) is 133 cm³/mol. The van der Waals surface area contributed by atoms with Gasteiger partial charge in [0.05, 0.1) is 7.11 Å². The van der Waals surface area contributed by atoms with Crippen LogP contribution in [0, 0.1) is 0 Å². The zero-order chi connectivity index (χ0) is 24.5. The molecule has 0 rings (SSSR count). The molecule has 10 heteroatoms. The number of nitrogens with one attached hydrogen (secondary N) is 3. The van der Waals surface area contributed by atoms with Gasteiger partial charge in [0.25, 0.3) is 0 Å². The number of amides is 3. The minimum absolute atomic E-state index is 0.198. The van der Waals surface area contributed by atoms with Crippen molar-refractivity contribution in [3.8, 4) is 0 Å². The second-order valence-corrected chi connectivity index (χ2v) is 8.14. The van der Waals surface area contributed by atoms with E-state index in [2.05, 4.69) is 59.1 Å². The topological polar surface area (TPSA) is 114 Å². The van der Waals surface area contributed by atoms with Crippen molar-refractivity contribution in [3.63, 3.8) is 0 Å². The number of hydrogen-bond donors (Lipinski definition) is 3.